The first kappa shape index (κ1) is 23.3. The summed E-state index contributed by atoms with van der Waals surface area (Å²) in [5, 5.41) is 2.96. The monoisotopic (exact) mass is 470 g/mol. The summed E-state index contributed by atoms with van der Waals surface area (Å²) < 4.78 is 28.8. The van der Waals surface area contributed by atoms with E-state index in [-0.39, 0.29) is 22.9 Å². The highest BCUT2D eigenvalue weighted by atomic mass is 32.2. The molecule has 4 aromatic rings. The van der Waals surface area contributed by atoms with E-state index in [2.05, 4.69) is 5.32 Å². The lowest BCUT2D eigenvalue weighted by atomic mass is 10.1. The highest BCUT2D eigenvalue weighted by molar-refractivity contribution is 7.92. The molecule has 0 radical (unpaired) electrons. The van der Waals surface area contributed by atoms with Crippen LogP contribution in [-0.2, 0) is 16.6 Å². The zero-order chi connectivity index (χ0) is 24.1. The third kappa shape index (κ3) is 5.02. The van der Waals surface area contributed by atoms with Crippen molar-refractivity contribution in [3.05, 3.63) is 125 Å². The van der Waals surface area contributed by atoms with E-state index in [0.29, 0.717) is 11.4 Å². The number of amides is 1. The molecule has 0 saturated heterocycles. The standard InChI is InChI=1S/C28H26N2O3S/c1-21-17-18-22(2)26(19-21)29-28(31)25-15-9-10-16-27(25)30(20-23-11-5-3-6-12-23)34(32,33)24-13-7-4-8-14-24/h3-19H,20H2,1-2H3,(H,29,31). The van der Waals surface area contributed by atoms with Crippen molar-refractivity contribution in [2.45, 2.75) is 25.3 Å². The van der Waals surface area contributed by atoms with Crippen molar-refractivity contribution >= 4 is 27.3 Å². The van der Waals surface area contributed by atoms with Gasteiger partial charge < -0.3 is 5.32 Å². The van der Waals surface area contributed by atoms with Crippen molar-refractivity contribution in [3.63, 3.8) is 0 Å². The van der Waals surface area contributed by atoms with E-state index in [1.54, 1.807) is 54.6 Å². The number of benzene rings is 4. The van der Waals surface area contributed by atoms with Gasteiger partial charge in [-0.25, -0.2) is 8.42 Å². The number of carbonyl (C=O) groups excluding carboxylic acids is 1. The minimum atomic E-state index is -3.94. The molecular formula is C28H26N2O3S. The van der Waals surface area contributed by atoms with Crippen LogP contribution in [0.4, 0.5) is 11.4 Å². The Labute approximate surface area is 200 Å². The molecule has 4 rings (SSSR count). The molecule has 1 amide bonds. The van der Waals surface area contributed by atoms with Crippen LogP contribution in [0.25, 0.3) is 0 Å². The molecule has 0 aromatic heterocycles. The van der Waals surface area contributed by atoms with Crippen LogP contribution < -0.4 is 9.62 Å². The minimum absolute atomic E-state index is 0.0891. The summed E-state index contributed by atoms with van der Waals surface area (Å²) in [6.07, 6.45) is 0. The van der Waals surface area contributed by atoms with E-state index < -0.39 is 10.0 Å². The quantitative estimate of drug-likeness (QED) is 0.363. The van der Waals surface area contributed by atoms with Crippen LogP contribution in [0.5, 0.6) is 0 Å². The maximum absolute atomic E-state index is 13.8. The summed E-state index contributed by atoms with van der Waals surface area (Å²) in [4.78, 5) is 13.5. The first-order chi connectivity index (χ1) is 16.4. The lowest BCUT2D eigenvalue weighted by molar-refractivity contribution is 0.102. The highest BCUT2D eigenvalue weighted by Crippen LogP contribution is 2.30. The lowest BCUT2D eigenvalue weighted by Crippen LogP contribution is -2.32. The molecule has 0 heterocycles. The molecule has 0 aliphatic carbocycles. The molecule has 0 spiro atoms. The van der Waals surface area contributed by atoms with Crippen molar-refractivity contribution in [1.29, 1.82) is 0 Å². The number of sulfonamides is 1. The Balaban J connectivity index is 1.79. The Morgan fingerprint density at radius 3 is 2.12 bits per heavy atom. The van der Waals surface area contributed by atoms with Gasteiger partial charge in [-0.1, -0.05) is 72.8 Å². The van der Waals surface area contributed by atoms with E-state index in [1.165, 1.54) is 4.31 Å². The molecule has 4 aromatic carbocycles. The summed E-state index contributed by atoms with van der Waals surface area (Å²) in [7, 11) is -3.94. The molecule has 0 bridgehead atoms. The predicted molar refractivity (Wildman–Crippen MR) is 137 cm³/mol. The van der Waals surface area contributed by atoms with Gasteiger partial charge in [0, 0.05) is 5.69 Å². The number of carbonyl (C=O) groups is 1. The molecule has 0 atom stereocenters. The molecule has 0 unspecified atom stereocenters. The van der Waals surface area contributed by atoms with Gasteiger partial charge in [-0.15, -0.1) is 0 Å². The van der Waals surface area contributed by atoms with Crippen molar-refractivity contribution in [3.8, 4) is 0 Å². The second-order valence-corrected chi connectivity index (χ2v) is 9.96. The van der Waals surface area contributed by atoms with Gasteiger partial charge in [0.05, 0.1) is 22.7 Å². The van der Waals surface area contributed by atoms with Crippen LogP contribution in [0.3, 0.4) is 0 Å². The second kappa shape index (κ2) is 9.93. The molecule has 34 heavy (non-hydrogen) atoms. The molecule has 0 fully saturated rings. The Kier molecular flexibility index (Phi) is 6.80. The average molecular weight is 471 g/mol. The molecule has 5 nitrogen and oxygen atoms in total. The molecular weight excluding hydrogens is 444 g/mol. The number of hydrogen-bond donors (Lipinski definition) is 1. The zero-order valence-electron chi connectivity index (χ0n) is 19.1. The average Bonchev–Trinajstić information content (AvgIpc) is 2.86. The molecule has 6 heteroatoms. The van der Waals surface area contributed by atoms with E-state index in [9.17, 15) is 13.2 Å². The van der Waals surface area contributed by atoms with Crippen LogP contribution in [0.15, 0.2) is 108 Å². The number of nitrogens with zero attached hydrogens (tertiary/aromatic N) is 1. The van der Waals surface area contributed by atoms with E-state index in [0.717, 1.165) is 16.7 Å². The van der Waals surface area contributed by atoms with E-state index in [4.69, 9.17) is 0 Å². The van der Waals surface area contributed by atoms with Crippen LogP contribution in [0.1, 0.15) is 27.0 Å². The first-order valence-electron chi connectivity index (χ1n) is 11.0. The van der Waals surface area contributed by atoms with Gasteiger partial charge in [-0.3, -0.25) is 9.10 Å². The number of aryl methyl sites for hydroxylation is 2. The van der Waals surface area contributed by atoms with Gasteiger partial charge in [-0.05, 0) is 60.9 Å². The van der Waals surface area contributed by atoms with Gasteiger partial charge in [0.15, 0.2) is 0 Å². The van der Waals surface area contributed by atoms with E-state index >= 15 is 0 Å². The molecule has 0 aliphatic rings. The van der Waals surface area contributed by atoms with Gasteiger partial charge in [0.2, 0.25) is 0 Å². The third-order valence-corrected chi connectivity index (χ3v) is 7.33. The second-order valence-electron chi connectivity index (χ2n) is 8.10. The van der Waals surface area contributed by atoms with Crippen molar-refractivity contribution in [1.82, 2.24) is 0 Å². The fourth-order valence-electron chi connectivity index (χ4n) is 3.71. The highest BCUT2D eigenvalue weighted by Gasteiger charge is 2.28. The molecule has 1 N–H and O–H groups in total. The van der Waals surface area contributed by atoms with Gasteiger partial charge >= 0.3 is 0 Å². The number of hydrogen-bond acceptors (Lipinski definition) is 3. The topological polar surface area (TPSA) is 66.5 Å². The number of para-hydroxylation sites is 1. The molecule has 0 saturated carbocycles. The maximum Gasteiger partial charge on any atom is 0.264 e. The summed E-state index contributed by atoms with van der Waals surface area (Å²) in [5.74, 6) is -0.370. The SMILES string of the molecule is Cc1ccc(C)c(NC(=O)c2ccccc2N(Cc2ccccc2)S(=O)(=O)c2ccccc2)c1. The predicted octanol–water partition coefficient (Wildman–Crippen LogP) is 5.95. The summed E-state index contributed by atoms with van der Waals surface area (Å²) >= 11 is 0. The maximum atomic E-state index is 13.8. The van der Waals surface area contributed by atoms with Crippen LogP contribution in [0.2, 0.25) is 0 Å². The van der Waals surface area contributed by atoms with Gasteiger partial charge in [0.1, 0.15) is 0 Å². The number of nitrogens with one attached hydrogen (secondary N) is 1. The Morgan fingerprint density at radius 2 is 1.41 bits per heavy atom. The normalized spacial score (nSPS) is 11.1. The Bertz CT molecular complexity index is 1400. The Hall–Kier alpha value is -3.90. The van der Waals surface area contributed by atoms with Gasteiger partial charge in [0.25, 0.3) is 15.9 Å². The van der Waals surface area contributed by atoms with Crippen LogP contribution in [-0.4, -0.2) is 14.3 Å². The molecule has 0 aliphatic heterocycles. The van der Waals surface area contributed by atoms with Crippen LogP contribution >= 0.6 is 0 Å². The first-order valence-corrected chi connectivity index (χ1v) is 12.4. The fraction of sp³-hybridized carbons (Fsp3) is 0.107. The largest absolute Gasteiger partial charge is 0.322 e. The fourth-order valence-corrected chi connectivity index (χ4v) is 5.20. The number of anilines is 2. The lowest BCUT2D eigenvalue weighted by Gasteiger charge is -2.26. The zero-order valence-corrected chi connectivity index (χ0v) is 19.9. The smallest absolute Gasteiger partial charge is 0.264 e. The summed E-state index contributed by atoms with van der Waals surface area (Å²) in [5.41, 5.74) is 4.05. The van der Waals surface area contributed by atoms with E-state index in [1.807, 2.05) is 62.4 Å². The third-order valence-electron chi connectivity index (χ3n) is 5.56. The van der Waals surface area contributed by atoms with Crippen LogP contribution in [0, 0.1) is 13.8 Å². The van der Waals surface area contributed by atoms with Crippen molar-refractivity contribution in [2.75, 3.05) is 9.62 Å². The minimum Gasteiger partial charge on any atom is -0.322 e. The van der Waals surface area contributed by atoms with Gasteiger partial charge in [-0.2, -0.15) is 0 Å². The van der Waals surface area contributed by atoms with Crippen molar-refractivity contribution in [2.24, 2.45) is 0 Å². The summed E-state index contributed by atoms with van der Waals surface area (Å²) in [6.45, 7) is 3.96. The summed E-state index contributed by atoms with van der Waals surface area (Å²) in [6, 6.07) is 30.2. The Morgan fingerprint density at radius 1 is 0.794 bits per heavy atom. The van der Waals surface area contributed by atoms with Crippen molar-refractivity contribution < 1.29 is 13.2 Å². The number of rotatable bonds is 7. The molecule has 172 valence electrons.